The average Bonchev–Trinajstić information content (AvgIpc) is 2.39. The molecule has 0 bridgehead atoms. The van der Waals surface area contributed by atoms with Crippen LogP contribution in [0.15, 0.2) is 24.3 Å². The van der Waals surface area contributed by atoms with Crippen LogP contribution in [0.4, 0.5) is 0 Å². The molecule has 0 fully saturated rings. The lowest BCUT2D eigenvalue weighted by Gasteiger charge is -2.13. The first-order valence-electron chi connectivity index (χ1n) is 6.62. The number of unbranched alkanes of at least 4 members (excludes halogenated alkanes) is 1. The summed E-state index contributed by atoms with van der Waals surface area (Å²) in [6.45, 7) is 5.17. The molecule has 0 saturated carbocycles. The summed E-state index contributed by atoms with van der Waals surface area (Å²) in [5, 5.41) is 0. The van der Waals surface area contributed by atoms with Crippen LogP contribution in [0, 0.1) is 5.92 Å². The first-order valence-corrected chi connectivity index (χ1v) is 7.26. The molecule has 0 radical (unpaired) electrons. The van der Waals surface area contributed by atoms with E-state index in [-0.39, 0.29) is 0 Å². The molecular weight excluding hydrogens is 228 g/mol. The third-order valence-corrected chi connectivity index (χ3v) is 3.58. The van der Waals surface area contributed by atoms with Crippen molar-refractivity contribution < 1.29 is 4.74 Å². The lowest BCUT2D eigenvalue weighted by Crippen LogP contribution is -2.12. The maximum atomic E-state index is 5.76. The second-order valence-electron chi connectivity index (χ2n) is 4.52. The van der Waals surface area contributed by atoms with Crippen LogP contribution >= 0.6 is 12.6 Å². The van der Waals surface area contributed by atoms with E-state index in [2.05, 4.69) is 50.7 Å². The Bertz CT molecular complexity index is 290. The Labute approximate surface area is 111 Å². The van der Waals surface area contributed by atoms with Crippen molar-refractivity contribution in [3.05, 3.63) is 29.8 Å². The van der Waals surface area contributed by atoms with E-state index in [0.29, 0.717) is 5.92 Å². The molecule has 1 aromatic carbocycles. The lowest BCUT2D eigenvalue weighted by atomic mass is 10.1. The normalized spacial score (nSPS) is 12.4. The Morgan fingerprint density at radius 1 is 1.18 bits per heavy atom. The molecule has 0 aromatic heterocycles. The van der Waals surface area contributed by atoms with Crippen molar-refractivity contribution in [3.8, 4) is 5.75 Å². The van der Waals surface area contributed by atoms with Crippen LogP contribution in [0.3, 0.4) is 0 Å². The fourth-order valence-corrected chi connectivity index (χ4v) is 2.01. The van der Waals surface area contributed by atoms with Gasteiger partial charge in [0.15, 0.2) is 0 Å². The molecule has 1 atom stereocenters. The number of ether oxygens (including phenoxy) is 1. The van der Waals surface area contributed by atoms with Gasteiger partial charge in [-0.25, -0.2) is 0 Å². The summed E-state index contributed by atoms with van der Waals surface area (Å²) in [5.41, 5.74) is 1.40. The van der Waals surface area contributed by atoms with Crippen molar-refractivity contribution in [1.82, 2.24) is 0 Å². The van der Waals surface area contributed by atoms with Crippen molar-refractivity contribution in [2.75, 3.05) is 12.4 Å². The van der Waals surface area contributed by atoms with Crippen molar-refractivity contribution >= 4 is 12.6 Å². The molecule has 0 aliphatic rings. The van der Waals surface area contributed by atoms with E-state index in [9.17, 15) is 0 Å². The Hall–Kier alpha value is -0.630. The number of hydrogen-bond donors (Lipinski definition) is 1. The van der Waals surface area contributed by atoms with E-state index in [1.165, 1.54) is 24.8 Å². The average molecular weight is 252 g/mol. The van der Waals surface area contributed by atoms with Gasteiger partial charge in [0.2, 0.25) is 0 Å². The summed E-state index contributed by atoms with van der Waals surface area (Å²) in [5.74, 6) is 2.43. The topological polar surface area (TPSA) is 9.23 Å². The summed E-state index contributed by atoms with van der Waals surface area (Å²) in [6.07, 6.45) is 4.80. The van der Waals surface area contributed by atoms with Crippen LogP contribution in [-0.4, -0.2) is 12.4 Å². The highest BCUT2D eigenvalue weighted by Gasteiger charge is 2.04. The van der Waals surface area contributed by atoms with Gasteiger partial charge in [0, 0.05) is 5.92 Å². The molecular formula is C15H24OS. The van der Waals surface area contributed by atoms with Crippen molar-refractivity contribution in [2.45, 2.75) is 39.5 Å². The molecule has 0 spiro atoms. The monoisotopic (exact) mass is 252 g/mol. The van der Waals surface area contributed by atoms with Gasteiger partial charge < -0.3 is 4.74 Å². The molecule has 17 heavy (non-hydrogen) atoms. The molecule has 0 saturated heterocycles. The Morgan fingerprint density at radius 3 is 2.41 bits per heavy atom. The zero-order valence-electron chi connectivity index (χ0n) is 11.0. The van der Waals surface area contributed by atoms with Crippen LogP contribution in [0.1, 0.15) is 38.7 Å². The largest absolute Gasteiger partial charge is 0.493 e. The standard InChI is InChI=1S/C15H24OS/c1-3-5-6-14-7-9-15(10-8-14)16-11-13(4-2)12-17/h7-10,13,17H,3-6,11-12H2,1-2H3. The second kappa shape index (κ2) is 8.46. The first-order chi connectivity index (χ1) is 8.30. The molecule has 96 valence electrons. The zero-order chi connectivity index (χ0) is 12.5. The predicted octanol–water partition coefficient (Wildman–Crippen LogP) is 4.36. The van der Waals surface area contributed by atoms with Gasteiger partial charge in [0.1, 0.15) is 5.75 Å². The van der Waals surface area contributed by atoms with Crippen LogP contribution in [0.2, 0.25) is 0 Å². The Balaban J connectivity index is 2.39. The second-order valence-corrected chi connectivity index (χ2v) is 4.88. The van der Waals surface area contributed by atoms with Crippen molar-refractivity contribution in [3.63, 3.8) is 0 Å². The van der Waals surface area contributed by atoms with Gasteiger partial charge in [0.05, 0.1) is 6.61 Å². The number of aryl methyl sites for hydroxylation is 1. The predicted molar refractivity (Wildman–Crippen MR) is 78.2 cm³/mol. The molecule has 1 rings (SSSR count). The van der Waals surface area contributed by atoms with Gasteiger partial charge in [0.25, 0.3) is 0 Å². The highest BCUT2D eigenvalue weighted by Crippen LogP contribution is 2.15. The van der Waals surface area contributed by atoms with E-state index in [0.717, 1.165) is 24.5 Å². The molecule has 1 nitrogen and oxygen atoms in total. The maximum absolute atomic E-state index is 5.76. The highest BCUT2D eigenvalue weighted by molar-refractivity contribution is 7.80. The minimum Gasteiger partial charge on any atom is -0.493 e. The third kappa shape index (κ3) is 5.49. The van der Waals surface area contributed by atoms with Gasteiger partial charge in [-0.05, 0) is 42.7 Å². The summed E-state index contributed by atoms with van der Waals surface area (Å²) >= 11 is 4.32. The van der Waals surface area contributed by atoms with Crippen molar-refractivity contribution in [2.24, 2.45) is 5.92 Å². The molecule has 0 amide bonds. The molecule has 1 unspecified atom stereocenters. The van der Waals surface area contributed by atoms with Gasteiger partial charge in [-0.1, -0.05) is 32.4 Å². The van der Waals surface area contributed by atoms with Gasteiger partial charge in [-0.3, -0.25) is 0 Å². The number of benzene rings is 1. The molecule has 0 aliphatic heterocycles. The summed E-state index contributed by atoms with van der Waals surface area (Å²) in [6, 6.07) is 8.51. The maximum Gasteiger partial charge on any atom is 0.119 e. The molecule has 2 heteroatoms. The SMILES string of the molecule is CCCCc1ccc(OCC(CC)CS)cc1. The highest BCUT2D eigenvalue weighted by atomic mass is 32.1. The lowest BCUT2D eigenvalue weighted by molar-refractivity contribution is 0.259. The van der Waals surface area contributed by atoms with Crippen LogP contribution in [0.5, 0.6) is 5.75 Å². The minimum atomic E-state index is 0.554. The Kier molecular flexibility index (Phi) is 7.18. The van der Waals surface area contributed by atoms with E-state index in [4.69, 9.17) is 4.74 Å². The van der Waals surface area contributed by atoms with Gasteiger partial charge >= 0.3 is 0 Å². The smallest absolute Gasteiger partial charge is 0.119 e. The summed E-state index contributed by atoms with van der Waals surface area (Å²) < 4.78 is 5.76. The van der Waals surface area contributed by atoms with Crippen LogP contribution in [0.25, 0.3) is 0 Å². The molecule has 0 heterocycles. The van der Waals surface area contributed by atoms with E-state index < -0.39 is 0 Å². The molecule has 0 N–H and O–H groups in total. The van der Waals surface area contributed by atoms with Crippen LogP contribution < -0.4 is 4.74 Å². The van der Waals surface area contributed by atoms with E-state index in [1.807, 2.05) is 0 Å². The van der Waals surface area contributed by atoms with E-state index >= 15 is 0 Å². The molecule has 1 aromatic rings. The summed E-state index contributed by atoms with van der Waals surface area (Å²) in [4.78, 5) is 0. The zero-order valence-corrected chi connectivity index (χ0v) is 11.9. The summed E-state index contributed by atoms with van der Waals surface area (Å²) in [7, 11) is 0. The van der Waals surface area contributed by atoms with Gasteiger partial charge in [-0.2, -0.15) is 12.6 Å². The molecule has 0 aliphatic carbocycles. The quantitative estimate of drug-likeness (QED) is 0.676. The first kappa shape index (κ1) is 14.4. The third-order valence-electron chi connectivity index (χ3n) is 3.06. The minimum absolute atomic E-state index is 0.554. The Morgan fingerprint density at radius 2 is 1.88 bits per heavy atom. The van der Waals surface area contributed by atoms with Crippen LogP contribution in [-0.2, 0) is 6.42 Å². The fourth-order valence-electron chi connectivity index (χ4n) is 1.65. The van der Waals surface area contributed by atoms with Gasteiger partial charge in [-0.15, -0.1) is 0 Å². The number of thiol groups is 1. The van der Waals surface area contributed by atoms with Crippen molar-refractivity contribution in [1.29, 1.82) is 0 Å². The number of rotatable bonds is 8. The fraction of sp³-hybridized carbons (Fsp3) is 0.600. The van der Waals surface area contributed by atoms with E-state index in [1.54, 1.807) is 0 Å². The number of hydrogen-bond acceptors (Lipinski definition) is 2.